The summed E-state index contributed by atoms with van der Waals surface area (Å²) in [7, 11) is 0. The highest BCUT2D eigenvalue weighted by Gasteiger charge is 2.54. The Labute approximate surface area is 122 Å². The van der Waals surface area contributed by atoms with Gasteiger partial charge in [0.25, 0.3) is 0 Å². The number of hydrogen-bond acceptors (Lipinski definition) is 3. The van der Waals surface area contributed by atoms with Gasteiger partial charge in [0, 0.05) is 18.5 Å². The van der Waals surface area contributed by atoms with Crippen LogP contribution in [0.2, 0.25) is 0 Å². The smallest absolute Gasteiger partial charge is 0.410 e. The fourth-order valence-corrected chi connectivity index (χ4v) is 3.56. The van der Waals surface area contributed by atoms with Gasteiger partial charge in [-0.3, -0.25) is 0 Å². The molecule has 1 spiro atoms. The number of piperidine rings is 1. The molecule has 4 nitrogen and oxygen atoms in total. The van der Waals surface area contributed by atoms with Gasteiger partial charge in [-0.05, 0) is 51.9 Å². The van der Waals surface area contributed by atoms with Crippen LogP contribution >= 0.6 is 0 Å². The Bertz CT molecular complexity index is 364. The summed E-state index contributed by atoms with van der Waals surface area (Å²) in [6, 6.07) is 0. The zero-order valence-electron chi connectivity index (χ0n) is 13.5. The zero-order valence-corrected chi connectivity index (χ0v) is 13.5. The number of carbonyl (C=O) groups is 1. The summed E-state index contributed by atoms with van der Waals surface area (Å²) in [6.45, 7) is 11.4. The van der Waals surface area contributed by atoms with E-state index in [0.717, 1.165) is 19.3 Å². The zero-order chi connectivity index (χ0) is 15.1. The average molecular weight is 283 g/mol. The molecule has 2 rings (SSSR count). The normalized spacial score (nSPS) is 29.4. The quantitative estimate of drug-likeness (QED) is 0.804. The molecule has 1 heterocycles. The first-order chi connectivity index (χ1) is 9.15. The van der Waals surface area contributed by atoms with Gasteiger partial charge in [-0.2, -0.15) is 0 Å². The van der Waals surface area contributed by atoms with Gasteiger partial charge in [-0.1, -0.05) is 13.8 Å². The van der Waals surface area contributed by atoms with Crippen LogP contribution in [0.25, 0.3) is 0 Å². The number of likely N-dealkylation sites (tertiary alicyclic amines) is 1. The van der Waals surface area contributed by atoms with Crippen molar-refractivity contribution < 1.29 is 14.6 Å². The maximum Gasteiger partial charge on any atom is 0.410 e. The lowest BCUT2D eigenvalue weighted by Crippen LogP contribution is -2.59. The third-order valence-electron chi connectivity index (χ3n) is 4.94. The molecule has 4 heteroatoms. The van der Waals surface area contributed by atoms with Crippen molar-refractivity contribution in [1.82, 2.24) is 4.90 Å². The first-order valence-electron chi connectivity index (χ1n) is 7.81. The molecule has 2 fully saturated rings. The molecule has 0 aromatic heterocycles. The van der Waals surface area contributed by atoms with Crippen molar-refractivity contribution >= 4 is 6.09 Å². The Morgan fingerprint density at radius 3 is 2.25 bits per heavy atom. The highest BCUT2D eigenvalue weighted by atomic mass is 16.6. The Morgan fingerprint density at radius 1 is 1.30 bits per heavy atom. The first kappa shape index (κ1) is 15.6. The van der Waals surface area contributed by atoms with Gasteiger partial charge in [0.2, 0.25) is 0 Å². The van der Waals surface area contributed by atoms with E-state index in [0.29, 0.717) is 24.9 Å². The molecule has 0 bridgehead atoms. The van der Waals surface area contributed by atoms with Crippen molar-refractivity contribution in [2.45, 2.75) is 65.6 Å². The number of carbonyl (C=O) groups excluding carboxylic acids is 1. The predicted molar refractivity (Wildman–Crippen MR) is 78.4 cm³/mol. The number of aliphatic hydroxyl groups excluding tert-OH is 1. The van der Waals surface area contributed by atoms with Crippen molar-refractivity contribution in [3.8, 4) is 0 Å². The standard InChI is InChI=1S/C16H29NO3/c1-11(2)12-10-16(13(12)18)6-8-17(9-7-16)14(19)20-15(3,4)5/h11-13,18H,6-10H2,1-5H3. The van der Waals surface area contributed by atoms with E-state index in [1.165, 1.54) is 0 Å². The lowest BCUT2D eigenvalue weighted by atomic mass is 9.53. The van der Waals surface area contributed by atoms with Crippen molar-refractivity contribution in [2.75, 3.05) is 13.1 Å². The minimum Gasteiger partial charge on any atom is -0.444 e. The van der Waals surface area contributed by atoms with Crippen molar-refractivity contribution in [3.63, 3.8) is 0 Å². The molecule has 116 valence electrons. The molecule has 2 unspecified atom stereocenters. The molecule has 0 aromatic carbocycles. The van der Waals surface area contributed by atoms with Crippen LogP contribution in [0.4, 0.5) is 4.79 Å². The molecular weight excluding hydrogens is 254 g/mol. The molecule has 1 saturated heterocycles. The highest BCUT2D eigenvalue weighted by Crippen LogP contribution is 2.54. The van der Waals surface area contributed by atoms with Crippen LogP contribution in [0.15, 0.2) is 0 Å². The average Bonchev–Trinajstić information content (AvgIpc) is 2.33. The third kappa shape index (κ3) is 2.95. The Morgan fingerprint density at radius 2 is 1.85 bits per heavy atom. The van der Waals surface area contributed by atoms with Gasteiger partial charge in [0.05, 0.1) is 6.10 Å². The van der Waals surface area contributed by atoms with Crippen LogP contribution in [0.1, 0.15) is 53.9 Å². The molecule has 1 saturated carbocycles. The summed E-state index contributed by atoms with van der Waals surface area (Å²) in [5.74, 6) is 0.975. The third-order valence-corrected chi connectivity index (χ3v) is 4.94. The fraction of sp³-hybridized carbons (Fsp3) is 0.938. The van der Waals surface area contributed by atoms with E-state index >= 15 is 0 Å². The highest BCUT2D eigenvalue weighted by molar-refractivity contribution is 5.68. The molecular formula is C16H29NO3. The molecule has 1 amide bonds. The van der Waals surface area contributed by atoms with Crippen molar-refractivity contribution in [1.29, 1.82) is 0 Å². The molecule has 0 radical (unpaired) electrons. The number of ether oxygens (including phenoxy) is 1. The van der Waals surface area contributed by atoms with E-state index in [9.17, 15) is 9.90 Å². The van der Waals surface area contributed by atoms with Gasteiger partial charge in [-0.25, -0.2) is 4.79 Å². The van der Waals surface area contributed by atoms with E-state index in [1.807, 2.05) is 20.8 Å². The summed E-state index contributed by atoms with van der Waals surface area (Å²) in [4.78, 5) is 13.8. The van der Waals surface area contributed by atoms with E-state index in [1.54, 1.807) is 4.90 Å². The van der Waals surface area contributed by atoms with E-state index in [4.69, 9.17) is 4.74 Å². The Kier molecular flexibility index (Phi) is 4.07. The molecule has 0 aromatic rings. The van der Waals surface area contributed by atoms with Crippen LogP contribution in [0.5, 0.6) is 0 Å². The summed E-state index contributed by atoms with van der Waals surface area (Å²) in [6.07, 6.45) is 2.49. The number of aliphatic hydroxyl groups is 1. The molecule has 1 N–H and O–H groups in total. The second kappa shape index (κ2) is 5.21. The maximum atomic E-state index is 12.0. The number of hydrogen-bond donors (Lipinski definition) is 1. The second-order valence-electron chi connectivity index (χ2n) is 7.89. The minimum absolute atomic E-state index is 0.0629. The van der Waals surface area contributed by atoms with E-state index in [-0.39, 0.29) is 17.6 Å². The maximum absolute atomic E-state index is 12.0. The molecule has 1 aliphatic carbocycles. The van der Waals surface area contributed by atoms with Crippen LogP contribution in [0.3, 0.4) is 0 Å². The van der Waals surface area contributed by atoms with Gasteiger partial charge in [0.15, 0.2) is 0 Å². The topological polar surface area (TPSA) is 49.8 Å². The number of amides is 1. The van der Waals surface area contributed by atoms with Gasteiger partial charge < -0.3 is 14.7 Å². The lowest BCUT2D eigenvalue weighted by Gasteiger charge is -2.57. The lowest BCUT2D eigenvalue weighted by molar-refractivity contribution is -0.160. The van der Waals surface area contributed by atoms with Crippen LogP contribution in [0, 0.1) is 17.3 Å². The van der Waals surface area contributed by atoms with Crippen LogP contribution < -0.4 is 0 Å². The summed E-state index contributed by atoms with van der Waals surface area (Å²) >= 11 is 0. The molecule has 20 heavy (non-hydrogen) atoms. The largest absolute Gasteiger partial charge is 0.444 e. The van der Waals surface area contributed by atoms with Gasteiger partial charge in [0.1, 0.15) is 5.60 Å². The minimum atomic E-state index is -0.440. The molecule has 2 aliphatic rings. The van der Waals surface area contributed by atoms with Crippen LogP contribution in [-0.2, 0) is 4.74 Å². The van der Waals surface area contributed by atoms with Gasteiger partial charge >= 0.3 is 6.09 Å². The first-order valence-corrected chi connectivity index (χ1v) is 7.81. The Hall–Kier alpha value is -0.770. The summed E-state index contributed by atoms with van der Waals surface area (Å²) in [5, 5.41) is 10.4. The van der Waals surface area contributed by atoms with Crippen molar-refractivity contribution in [3.05, 3.63) is 0 Å². The van der Waals surface area contributed by atoms with Crippen LogP contribution in [-0.4, -0.2) is 40.9 Å². The summed E-state index contributed by atoms with van der Waals surface area (Å²) < 4.78 is 5.41. The molecule has 1 aliphatic heterocycles. The molecule has 2 atom stereocenters. The predicted octanol–water partition coefficient (Wildman–Crippen LogP) is 3.04. The van der Waals surface area contributed by atoms with E-state index in [2.05, 4.69) is 13.8 Å². The van der Waals surface area contributed by atoms with Gasteiger partial charge in [-0.15, -0.1) is 0 Å². The summed E-state index contributed by atoms with van der Waals surface area (Å²) in [5.41, 5.74) is -0.377. The monoisotopic (exact) mass is 283 g/mol. The fourth-order valence-electron chi connectivity index (χ4n) is 3.56. The number of rotatable bonds is 1. The van der Waals surface area contributed by atoms with Crippen molar-refractivity contribution in [2.24, 2.45) is 17.3 Å². The Balaban J connectivity index is 1.86. The number of nitrogens with zero attached hydrogens (tertiary/aromatic N) is 1. The van der Waals surface area contributed by atoms with E-state index < -0.39 is 5.60 Å². The second-order valence-corrected chi connectivity index (χ2v) is 7.89. The SMILES string of the molecule is CC(C)C1CC2(CCN(C(=O)OC(C)(C)C)CC2)C1O.